The van der Waals surface area contributed by atoms with E-state index in [0.717, 1.165) is 73.8 Å². The fourth-order valence-electron chi connectivity index (χ4n) is 5.72. The minimum absolute atomic E-state index is 0.123. The maximum absolute atomic E-state index is 12.6. The standard InChI is InChI=1S/C29H35FN2O4/c1-19-26-15-24(34)5-8-27(26)36-29(28(19)22-9-11-32(12-10-22)20(2)33)23-3-6-25(7-4-23)35-14-13-31-17-21(16-30)18-31/h3-8,15,21-22,29,34H,9-14,16-18H2,1-2H3/t29-/m0/s1. The summed E-state index contributed by atoms with van der Waals surface area (Å²) in [6, 6.07) is 13.4. The number of likely N-dealkylation sites (tertiary alicyclic amines) is 2. The Kier molecular flexibility index (Phi) is 7.19. The molecule has 2 fully saturated rings. The van der Waals surface area contributed by atoms with Gasteiger partial charge in [0.05, 0.1) is 6.67 Å². The van der Waals surface area contributed by atoms with Gasteiger partial charge in [-0.05, 0) is 72.7 Å². The fourth-order valence-corrected chi connectivity index (χ4v) is 5.72. The summed E-state index contributed by atoms with van der Waals surface area (Å²) in [4.78, 5) is 16.0. The lowest BCUT2D eigenvalue weighted by Crippen LogP contribution is -2.49. The largest absolute Gasteiger partial charge is 0.508 e. The fraction of sp³-hybridized carbons (Fsp3) is 0.483. The zero-order valence-corrected chi connectivity index (χ0v) is 21.1. The topological polar surface area (TPSA) is 62.2 Å². The van der Waals surface area contributed by atoms with Gasteiger partial charge in [-0.1, -0.05) is 12.1 Å². The van der Waals surface area contributed by atoms with Crippen molar-refractivity contribution in [3.63, 3.8) is 0 Å². The van der Waals surface area contributed by atoms with Gasteiger partial charge in [0.1, 0.15) is 30.0 Å². The quantitative estimate of drug-likeness (QED) is 0.597. The number of carbonyl (C=O) groups excluding carboxylic acids is 1. The average molecular weight is 495 g/mol. The van der Waals surface area contributed by atoms with E-state index >= 15 is 0 Å². The Hall–Kier alpha value is -3.06. The maximum Gasteiger partial charge on any atom is 0.219 e. The number of carbonyl (C=O) groups is 1. The minimum atomic E-state index is -0.237. The van der Waals surface area contributed by atoms with Crippen LogP contribution in [0.25, 0.3) is 5.57 Å². The highest BCUT2D eigenvalue weighted by atomic mass is 19.1. The second kappa shape index (κ2) is 10.5. The van der Waals surface area contributed by atoms with E-state index in [1.165, 1.54) is 5.57 Å². The van der Waals surface area contributed by atoms with E-state index in [9.17, 15) is 14.3 Å². The van der Waals surface area contributed by atoms with Crippen molar-refractivity contribution in [3.05, 3.63) is 59.2 Å². The van der Waals surface area contributed by atoms with Crippen molar-refractivity contribution in [1.29, 1.82) is 0 Å². The Morgan fingerprint density at radius 2 is 1.86 bits per heavy atom. The summed E-state index contributed by atoms with van der Waals surface area (Å²) in [7, 11) is 0. The van der Waals surface area contributed by atoms with Crippen LogP contribution in [0.4, 0.5) is 4.39 Å². The second-order valence-electron chi connectivity index (χ2n) is 10.2. The Labute approximate surface area is 212 Å². The van der Waals surface area contributed by atoms with Crippen LogP contribution >= 0.6 is 0 Å². The molecule has 2 saturated heterocycles. The van der Waals surface area contributed by atoms with Crippen LogP contribution in [-0.4, -0.2) is 66.8 Å². The smallest absolute Gasteiger partial charge is 0.219 e. The molecule has 3 heterocycles. The molecule has 1 atom stereocenters. The van der Waals surface area contributed by atoms with E-state index in [-0.39, 0.29) is 30.4 Å². The van der Waals surface area contributed by atoms with Gasteiger partial charge < -0.3 is 19.5 Å². The van der Waals surface area contributed by atoms with E-state index in [4.69, 9.17) is 9.47 Å². The van der Waals surface area contributed by atoms with Crippen LogP contribution in [-0.2, 0) is 4.79 Å². The van der Waals surface area contributed by atoms with Gasteiger partial charge in [-0.2, -0.15) is 0 Å². The molecule has 36 heavy (non-hydrogen) atoms. The maximum atomic E-state index is 12.6. The number of hydrogen-bond donors (Lipinski definition) is 1. The molecule has 0 saturated carbocycles. The van der Waals surface area contributed by atoms with Gasteiger partial charge in [0.2, 0.25) is 5.91 Å². The second-order valence-corrected chi connectivity index (χ2v) is 10.2. The molecule has 3 aliphatic heterocycles. The summed E-state index contributed by atoms with van der Waals surface area (Å²) in [5, 5.41) is 10.1. The predicted octanol–water partition coefficient (Wildman–Crippen LogP) is 4.84. The van der Waals surface area contributed by atoms with E-state index < -0.39 is 0 Å². The van der Waals surface area contributed by atoms with Gasteiger partial charge in [-0.15, -0.1) is 0 Å². The zero-order valence-electron chi connectivity index (χ0n) is 21.1. The predicted molar refractivity (Wildman–Crippen MR) is 137 cm³/mol. The molecular weight excluding hydrogens is 459 g/mol. The van der Waals surface area contributed by atoms with Crippen molar-refractivity contribution >= 4 is 11.5 Å². The summed E-state index contributed by atoms with van der Waals surface area (Å²) in [5.41, 5.74) is 4.35. The number of allylic oxidation sites excluding steroid dienone is 1. The van der Waals surface area contributed by atoms with Crippen LogP contribution < -0.4 is 9.47 Å². The molecule has 1 amide bonds. The average Bonchev–Trinajstić information content (AvgIpc) is 2.86. The number of fused-ring (bicyclic) bond motifs is 1. The Bertz CT molecular complexity index is 1120. The lowest BCUT2D eigenvalue weighted by molar-refractivity contribution is -0.130. The highest BCUT2D eigenvalue weighted by Crippen LogP contribution is 2.48. The third-order valence-corrected chi connectivity index (χ3v) is 7.82. The van der Waals surface area contributed by atoms with Crippen molar-refractivity contribution in [2.75, 3.05) is 46.0 Å². The molecule has 0 unspecified atom stereocenters. The van der Waals surface area contributed by atoms with Crippen molar-refractivity contribution in [3.8, 4) is 17.2 Å². The number of amides is 1. The first-order valence-corrected chi connectivity index (χ1v) is 12.9. The third kappa shape index (κ3) is 5.07. The number of benzene rings is 2. The zero-order chi connectivity index (χ0) is 25.2. The number of alkyl halides is 1. The third-order valence-electron chi connectivity index (χ3n) is 7.82. The van der Waals surface area contributed by atoms with Crippen molar-refractivity contribution in [2.24, 2.45) is 11.8 Å². The highest BCUT2D eigenvalue weighted by Gasteiger charge is 2.35. The molecule has 0 aliphatic carbocycles. The van der Waals surface area contributed by atoms with Crippen LogP contribution in [0.15, 0.2) is 48.0 Å². The Morgan fingerprint density at radius 1 is 1.14 bits per heavy atom. The van der Waals surface area contributed by atoms with Crippen LogP contribution in [0.2, 0.25) is 0 Å². The van der Waals surface area contributed by atoms with Crippen molar-refractivity contribution < 1.29 is 23.8 Å². The number of hydrogen-bond acceptors (Lipinski definition) is 5. The van der Waals surface area contributed by atoms with Crippen molar-refractivity contribution in [1.82, 2.24) is 9.80 Å². The molecule has 6 nitrogen and oxygen atoms in total. The number of aromatic hydroxyl groups is 1. The SMILES string of the molecule is CC(=O)N1CCC(C2=C(C)c3cc(O)ccc3O[C@H]2c2ccc(OCCN3CC(CF)C3)cc2)CC1. The molecule has 5 rings (SSSR count). The monoisotopic (exact) mass is 494 g/mol. The van der Waals surface area contributed by atoms with E-state index in [1.807, 2.05) is 23.1 Å². The normalized spacial score (nSPS) is 21.1. The van der Waals surface area contributed by atoms with Crippen LogP contribution in [0.5, 0.6) is 17.2 Å². The van der Waals surface area contributed by atoms with E-state index in [1.54, 1.807) is 19.1 Å². The molecule has 0 radical (unpaired) electrons. The van der Waals surface area contributed by atoms with Gasteiger partial charge in [0, 0.05) is 51.1 Å². The molecule has 0 aromatic heterocycles. The summed E-state index contributed by atoms with van der Waals surface area (Å²) in [5.74, 6) is 2.40. The Morgan fingerprint density at radius 3 is 2.53 bits per heavy atom. The first-order chi connectivity index (χ1) is 17.4. The number of halogens is 1. The van der Waals surface area contributed by atoms with E-state index in [0.29, 0.717) is 12.5 Å². The minimum Gasteiger partial charge on any atom is -0.508 e. The first kappa shape index (κ1) is 24.6. The summed E-state index contributed by atoms with van der Waals surface area (Å²) in [6.45, 7) is 8.00. The van der Waals surface area contributed by atoms with E-state index in [2.05, 4.69) is 24.0 Å². The van der Waals surface area contributed by atoms with Crippen LogP contribution in [0, 0.1) is 11.8 Å². The van der Waals surface area contributed by atoms with Gasteiger partial charge in [0.25, 0.3) is 0 Å². The molecule has 2 aromatic carbocycles. The van der Waals surface area contributed by atoms with Gasteiger partial charge in [-0.3, -0.25) is 14.1 Å². The van der Waals surface area contributed by atoms with Gasteiger partial charge >= 0.3 is 0 Å². The molecular formula is C29H35FN2O4. The Balaban J connectivity index is 1.33. The number of phenolic OH excluding ortho intramolecular Hbond substituents is 1. The summed E-state index contributed by atoms with van der Waals surface area (Å²) >= 11 is 0. The molecule has 192 valence electrons. The molecule has 3 aliphatic rings. The summed E-state index contributed by atoms with van der Waals surface area (Å²) < 4.78 is 25.1. The highest BCUT2D eigenvalue weighted by molar-refractivity contribution is 5.76. The number of rotatable bonds is 7. The van der Waals surface area contributed by atoms with Gasteiger partial charge in [0.15, 0.2) is 0 Å². The molecule has 1 N–H and O–H groups in total. The number of ether oxygens (including phenoxy) is 2. The number of phenols is 1. The molecule has 0 spiro atoms. The summed E-state index contributed by atoms with van der Waals surface area (Å²) in [6.07, 6.45) is 1.55. The molecule has 0 bridgehead atoms. The first-order valence-electron chi connectivity index (χ1n) is 12.9. The lowest BCUT2D eigenvalue weighted by atomic mass is 9.78. The molecule has 2 aromatic rings. The number of nitrogens with zero attached hydrogens (tertiary/aromatic N) is 2. The van der Waals surface area contributed by atoms with Crippen molar-refractivity contribution in [2.45, 2.75) is 32.8 Å². The van der Waals surface area contributed by atoms with Gasteiger partial charge in [-0.25, -0.2) is 0 Å². The lowest BCUT2D eigenvalue weighted by Gasteiger charge is -2.39. The molecule has 7 heteroatoms. The van der Waals surface area contributed by atoms with Crippen LogP contribution in [0.1, 0.15) is 43.9 Å². The van der Waals surface area contributed by atoms with Crippen LogP contribution in [0.3, 0.4) is 0 Å². The number of piperidine rings is 1.